The number of rotatable bonds is 7. The lowest BCUT2D eigenvalue weighted by atomic mass is 9.66. The van der Waals surface area contributed by atoms with Crippen LogP contribution in [0.15, 0.2) is 18.2 Å². The van der Waals surface area contributed by atoms with E-state index in [2.05, 4.69) is 46.7 Å². The number of nitrogens with zero attached hydrogens (tertiary/aromatic N) is 3. The first-order valence-electron chi connectivity index (χ1n) is 14.1. The van der Waals surface area contributed by atoms with Crippen molar-refractivity contribution in [3.05, 3.63) is 23.8 Å². The van der Waals surface area contributed by atoms with E-state index >= 15 is 0 Å². The molecule has 178 valence electrons. The van der Waals surface area contributed by atoms with E-state index in [1.54, 1.807) is 11.3 Å². The molecule has 0 radical (unpaired) electrons. The Kier molecular flexibility index (Phi) is 7.02. The normalized spacial score (nSPS) is 25.3. The van der Waals surface area contributed by atoms with Crippen molar-refractivity contribution < 1.29 is 0 Å². The summed E-state index contributed by atoms with van der Waals surface area (Å²) in [5.41, 5.74) is 5.38. The molecule has 0 bridgehead atoms. The first-order chi connectivity index (χ1) is 15.7. The molecule has 0 amide bonds. The van der Waals surface area contributed by atoms with Crippen molar-refractivity contribution in [2.45, 2.75) is 90.4 Å². The van der Waals surface area contributed by atoms with Crippen LogP contribution in [-0.2, 0) is 0 Å². The van der Waals surface area contributed by atoms with Crippen LogP contribution in [0, 0.1) is 11.3 Å². The zero-order valence-electron chi connectivity index (χ0n) is 21.0. The summed E-state index contributed by atoms with van der Waals surface area (Å²) in [6.45, 7) is 13.6. The van der Waals surface area contributed by atoms with Crippen LogP contribution in [0.25, 0.3) is 0 Å². The number of anilines is 2. The number of benzene rings is 1. The van der Waals surface area contributed by atoms with Crippen LogP contribution in [0.5, 0.6) is 0 Å². The number of piperidine rings is 1. The fraction of sp³-hybridized carbons (Fsp3) is 0.793. The highest BCUT2D eigenvalue weighted by Gasteiger charge is 2.34. The minimum atomic E-state index is 0.621. The Bertz CT molecular complexity index is 727. The standard InChI is InChI=1S/C29H47N3/c1-3-29(4-2)14-12-25(13-15-29)27-22-26(31-16-6-5-7-17-31)10-11-28(27)32-20-18-30(19-21-32)23-24-8-9-24/h10-11,22,24-25H,3-9,12-21,23H2,1-2H3. The van der Waals surface area contributed by atoms with E-state index in [0.29, 0.717) is 5.41 Å². The molecule has 0 unspecified atom stereocenters. The zero-order valence-corrected chi connectivity index (χ0v) is 21.0. The summed E-state index contributed by atoms with van der Waals surface area (Å²) < 4.78 is 0. The first kappa shape index (κ1) is 22.6. The summed E-state index contributed by atoms with van der Waals surface area (Å²) in [4.78, 5) is 8.13. The van der Waals surface area contributed by atoms with Gasteiger partial charge in [0.1, 0.15) is 0 Å². The van der Waals surface area contributed by atoms with E-state index in [1.165, 1.54) is 122 Å². The van der Waals surface area contributed by atoms with Gasteiger partial charge in [-0.2, -0.15) is 0 Å². The Morgan fingerprint density at radius 2 is 1.47 bits per heavy atom. The van der Waals surface area contributed by atoms with Crippen molar-refractivity contribution in [1.82, 2.24) is 4.90 Å². The van der Waals surface area contributed by atoms with Gasteiger partial charge in [-0.05, 0) is 98.8 Å². The Morgan fingerprint density at radius 1 is 0.781 bits per heavy atom. The van der Waals surface area contributed by atoms with Crippen LogP contribution >= 0.6 is 0 Å². The third-order valence-electron chi connectivity index (χ3n) is 9.64. The molecular formula is C29H47N3. The van der Waals surface area contributed by atoms with Crippen molar-refractivity contribution in [3.63, 3.8) is 0 Å². The summed E-state index contributed by atoms with van der Waals surface area (Å²) in [5, 5.41) is 0. The number of hydrogen-bond acceptors (Lipinski definition) is 3. The van der Waals surface area contributed by atoms with Crippen molar-refractivity contribution in [3.8, 4) is 0 Å². The third kappa shape index (κ3) is 4.98. The van der Waals surface area contributed by atoms with E-state index in [9.17, 15) is 0 Å². The van der Waals surface area contributed by atoms with E-state index in [-0.39, 0.29) is 0 Å². The monoisotopic (exact) mass is 437 g/mol. The van der Waals surface area contributed by atoms with Gasteiger partial charge in [-0.1, -0.05) is 26.7 Å². The molecule has 3 nitrogen and oxygen atoms in total. The van der Waals surface area contributed by atoms with Gasteiger partial charge in [0, 0.05) is 57.2 Å². The molecule has 2 aliphatic heterocycles. The lowest BCUT2D eigenvalue weighted by Crippen LogP contribution is -2.47. The topological polar surface area (TPSA) is 9.72 Å². The third-order valence-corrected chi connectivity index (χ3v) is 9.64. The SMILES string of the molecule is CCC1(CC)CCC(c2cc(N3CCCCC3)ccc2N2CCN(CC3CC3)CC2)CC1. The maximum Gasteiger partial charge on any atom is 0.0404 e. The fourth-order valence-corrected chi connectivity index (χ4v) is 6.84. The maximum atomic E-state index is 2.74. The van der Waals surface area contributed by atoms with Gasteiger partial charge in [-0.3, -0.25) is 4.90 Å². The van der Waals surface area contributed by atoms with Crippen molar-refractivity contribution in [1.29, 1.82) is 0 Å². The van der Waals surface area contributed by atoms with Crippen LogP contribution in [0.3, 0.4) is 0 Å². The summed E-state index contributed by atoms with van der Waals surface area (Å²) in [6, 6.07) is 7.59. The van der Waals surface area contributed by atoms with E-state index in [0.717, 1.165) is 11.8 Å². The highest BCUT2D eigenvalue weighted by atomic mass is 15.3. The molecular weight excluding hydrogens is 390 g/mol. The van der Waals surface area contributed by atoms with Crippen LogP contribution in [-0.4, -0.2) is 50.7 Å². The fourth-order valence-electron chi connectivity index (χ4n) is 6.84. The lowest BCUT2D eigenvalue weighted by Gasteiger charge is -2.42. The van der Waals surface area contributed by atoms with Gasteiger partial charge in [-0.15, -0.1) is 0 Å². The molecule has 5 rings (SSSR count). The van der Waals surface area contributed by atoms with Crippen LogP contribution in [0.2, 0.25) is 0 Å². The van der Waals surface area contributed by atoms with E-state index < -0.39 is 0 Å². The molecule has 4 aliphatic rings. The maximum absolute atomic E-state index is 2.74. The molecule has 2 saturated carbocycles. The minimum absolute atomic E-state index is 0.621. The summed E-state index contributed by atoms with van der Waals surface area (Å²) in [6.07, 6.45) is 15.4. The van der Waals surface area contributed by atoms with Crippen molar-refractivity contribution in [2.24, 2.45) is 11.3 Å². The Balaban J connectivity index is 1.35. The predicted octanol–water partition coefficient (Wildman–Crippen LogP) is 6.67. The largest absolute Gasteiger partial charge is 0.372 e. The second kappa shape index (κ2) is 9.95. The predicted molar refractivity (Wildman–Crippen MR) is 138 cm³/mol. The average Bonchev–Trinajstić information content (AvgIpc) is 3.69. The van der Waals surface area contributed by atoms with Crippen molar-refractivity contribution in [2.75, 3.05) is 55.6 Å². The van der Waals surface area contributed by atoms with Gasteiger partial charge >= 0.3 is 0 Å². The molecule has 0 atom stereocenters. The Hall–Kier alpha value is -1.22. The molecule has 0 aromatic heterocycles. The molecule has 2 heterocycles. The van der Waals surface area contributed by atoms with E-state index in [4.69, 9.17) is 0 Å². The summed E-state index contributed by atoms with van der Waals surface area (Å²) >= 11 is 0. The van der Waals surface area contributed by atoms with Gasteiger partial charge in [0.25, 0.3) is 0 Å². The van der Waals surface area contributed by atoms with Gasteiger partial charge in [0.2, 0.25) is 0 Å². The van der Waals surface area contributed by atoms with Gasteiger partial charge in [0.15, 0.2) is 0 Å². The molecule has 4 fully saturated rings. The molecule has 32 heavy (non-hydrogen) atoms. The zero-order chi connectivity index (χ0) is 22.0. The molecule has 0 spiro atoms. The quantitative estimate of drug-likeness (QED) is 0.471. The molecule has 3 heteroatoms. The summed E-state index contributed by atoms with van der Waals surface area (Å²) in [7, 11) is 0. The lowest BCUT2D eigenvalue weighted by molar-refractivity contribution is 0.159. The molecule has 2 aliphatic carbocycles. The second-order valence-corrected chi connectivity index (χ2v) is 11.5. The van der Waals surface area contributed by atoms with Crippen molar-refractivity contribution >= 4 is 11.4 Å². The second-order valence-electron chi connectivity index (χ2n) is 11.5. The molecule has 0 N–H and O–H groups in total. The molecule has 1 aromatic carbocycles. The van der Waals surface area contributed by atoms with Gasteiger partial charge in [-0.25, -0.2) is 0 Å². The Labute approximate surface area is 197 Å². The average molecular weight is 438 g/mol. The van der Waals surface area contributed by atoms with Gasteiger partial charge in [0.05, 0.1) is 0 Å². The van der Waals surface area contributed by atoms with Crippen LogP contribution in [0.1, 0.15) is 96.0 Å². The Morgan fingerprint density at radius 3 is 2.09 bits per heavy atom. The molecule has 1 aromatic rings. The smallest absolute Gasteiger partial charge is 0.0404 e. The number of piperazine rings is 1. The minimum Gasteiger partial charge on any atom is -0.372 e. The van der Waals surface area contributed by atoms with Gasteiger partial charge < -0.3 is 9.80 Å². The number of hydrogen-bond donors (Lipinski definition) is 0. The summed E-state index contributed by atoms with van der Waals surface area (Å²) in [5.74, 6) is 1.77. The first-order valence-corrected chi connectivity index (χ1v) is 14.1. The molecule has 2 saturated heterocycles. The highest BCUT2D eigenvalue weighted by Crippen LogP contribution is 2.49. The van der Waals surface area contributed by atoms with Crippen LogP contribution < -0.4 is 9.80 Å². The highest BCUT2D eigenvalue weighted by molar-refractivity contribution is 5.63. The van der Waals surface area contributed by atoms with Crippen LogP contribution in [0.4, 0.5) is 11.4 Å². The van der Waals surface area contributed by atoms with E-state index in [1.807, 2.05) is 0 Å².